The van der Waals surface area contributed by atoms with Crippen LogP contribution in [0, 0.1) is 0 Å². The monoisotopic (exact) mass is 343 g/mol. The second-order valence-electron chi connectivity index (χ2n) is 5.12. The third-order valence-corrected chi connectivity index (χ3v) is 3.95. The Morgan fingerprint density at radius 3 is 2.42 bits per heavy atom. The van der Waals surface area contributed by atoms with E-state index in [0.29, 0.717) is 16.7 Å². The summed E-state index contributed by atoms with van der Waals surface area (Å²) in [5, 5.41) is 11.3. The van der Waals surface area contributed by atoms with E-state index in [0.717, 1.165) is 21.9 Å². The highest BCUT2D eigenvalue weighted by Crippen LogP contribution is 2.38. The summed E-state index contributed by atoms with van der Waals surface area (Å²) in [4.78, 5) is 15.4. The van der Waals surface area contributed by atoms with E-state index in [4.69, 9.17) is 21.1 Å². The van der Waals surface area contributed by atoms with E-state index in [2.05, 4.69) is 4.98 Å². The van der Waals surface area contributed by atoms with Gasteiger partial charge in [0, 0.05) is 6.20 Å². The number of carboxylic acids is 1. The number of hydrogen-bond acceptors (Lipinski definition) is 4. The number of aromatic carboxylic acids is 1. The van der Waals surface area contributed by atoms with Crippen LogP contribution in [0.4, 0.5) is 0 Å². The highest BCUT2D eigenvalue weighted by atomic mass is 35.5. The molecule has 24 heavy (non-hydrogen) atoms. The van der Waals surface area contributed by atoms with Crippen LogP contribution in [0.1, 0.15) is 10.4 Å². The molecule has 0 fully saturated rings. The Bertz CT molecular complexity index is 940. The molecule has 1 heterocycles. The average molecular weight is 344 g/mol. The zero-order chi connectivity index (χ0) is 17.3. The molecule has 0 spiro atoms. The van der Waals surface area contributed by atoms with Crippen molar-refractivity contribution in [1.29, 1.82) is 0 Å². The number of methoxy groups -OCH3 is 2. The Hall–Kier alpha value is -2.79. The molecule has 1 aromatic heterocycles. The molecule has 5 nitrogen and oxygen atoms in total. The molecule has 3 rings (SSSR count). The summed E-state index contributed by atoms with van der Waals surface area (Å²) >= 11 is 5.98. The number of aromatic nitrogens is 1. The minimum absolute atomic E-state index is 0.178. The predicted octanol–water partition coefficient (Wildman–Crippen LogP) is 4.27. The van der Waals surface area contributed by atoms with Crippen LogP contribution < -0.4 is 9.47 Å². The van der Waals surface area contributed by atoms with Crippen molar-refractivity contribution in [1.82, 2.24) is 4.98 Å². The van der Waals surface area contributed by atoms with E-state index < -0.39 is 5.97 Å². The zero-order valence-corrected chi connectivity index (χ0v) is 13.8. The molecule has 6 heteroatoms. The number of fused-ring (bicyclic) bond motifs is 1. The van der Waals surface area contributed by atoms with Crippen LogP contribution in [0.15, 0.2) is 42.6 Å². The summed E-state index contributed by atoms with van der Waals surface area (Å²) in [6.45, 7) is 0. The number of hydrogen-bond donors (Lipinski definition) is 1. The molecule has 3 aromatic rings. The topological polar surface area (TPSA) is 68.7 Å². The van der Waals surface area contributed by atoms with Crippen molar-refractivity contribution in [2.24, 2.45) is 0 Å². The van der Waals surface area contributed by atoms with Crippen LogP contribution in [-0.2, 0) is 0 Å². The molecule has 0 saturated carbocycles. The lowest BCUT2D eigenvalue weighted by Crippen LogP contribution is -1.98. The SMILES string of the molecule is COc1cc2cc(C(=O)O)cc(-c3ccnc(Cl)c3)c2cc1OC. The van der Waals surface area contributed by atoms with E-state index >= 15 is 0 Å². The largest absolute Gasteiger partial charge is 0.493 e. The van der Waals surface area contributed by atoms with Gasteiger partial charge in [-0.1, -0.05) is 11.6 Å². The predicted molar refractivity (Wildman–Crippen MR) is 92.3 cm³/mol. The molecule has 0 bridgehead atoms. The minimum atomic E-state index is -1.01. The fourth-order valence-electron chi connectivity index (χ4n) is 2.62. The Labute approximate surface area is 143 Å². The molecular weight excluding hydrogens is 330 g/mol. The lowest BCUT2D eigenvalue weighted by atomic mass is 9.95. The molecule has 0 saturated heterocycles. The standard InChI is InChI=1S/C18H14ClNO4/c1-23-15-7-11-5-12(18(21)22)6-13(14(11)9-16(15)24-2)10-3-4-20-17(19)8-10/h3-9H,1-2H3,(H,21,22). The number of rotatable bonds is 4. The average Bonchev–Trinajstić information content (AvgIpc) is 2.59. The van der Waals surface area contributed by atoms with Gasteiger partial charge in [-0.25, -0.2) is 9.78 Å². The van der Waals surface area contributed by atoms with Crippen molar-refractivity contribution in [3.63, 3.8) is 0 Å². The van der Waals surface area contributed by atoms with Crippen molar-refractivity contribution < 1.29 is 19.4 Å². The summed E-state index contributed by atoms with van der Waals surface area (Å²) in [5.41, 5.74) is 1.68. The third-order valence-electron chi connectivity index (χ3n) is 3.74. The van der Waals surface area contributed by atoms with Crippen molar-refractivity contribution in [2.75, 3.05) is 14.2 Å². The number of halogens is 1. The van der Waals surface area contributed by atoms with Crippen molar-refractivity contribution in [3.05, 3.63) is 53.3 Å². The van der Waals surface area contributed by atoms with Crippen LogP contribution in [0.2, 0.25) is 5.15 Å². The fraction of sp³-hybridized carbons (Fsp3) is 0.111. The Morgan fingerprint density at radius 2 is 1.79 bits per heavy atom. The molecule has 122 valence electrons. The quantitative estimate of drug-likeness (QED) is 0.716. The molecule has 0 aliphatic rings. The molecule has 0 aliphatic heterocycles. The van der Waals surface area contributed by atoms with Crippen LogP contribution in [0.5, 0.6) is 11.5 Å². The maximum absolute atomic E-state index is 11.5. The molecule has 0 atom stereocenters. The van der Waals surface area contributed by atoms with Gasteiger partial charge in [0.1, 0.15) is 5.15 Å². The summed E-state index contributed by atoms with van der Waals surface area (Å²) in [6, 6.07) is 10.3. The van der Waals surface area contributed by atoms with Crippen LogP contribution >= 0.6 is 11.6 Å². The van der Waals surface area contributed by atoms with E-state index in [1.165, 1.54) is 7.11 Å². The first kappa shape index (κ1) is 16.1. The second kappa shape index (κ2) is 6.37. The number of carbonyl (C=O) groups is 1. The molecular formula is C18H14ClNO4. The van der Waals surface area contributed by atoms with Gasteiger partial charge in [-0.15, -0.1) is 0 Å². The molecule has 1 N–H and O–H groups in total. The van der Waals surface area contributed by atoms with E-state index in [-0.39, 0.29) is 5.56 Å². The first-order valence-corrected chi connectivity index (χ1v) is 7.46. The lowest BCUT2D eigenvalue weighted by Gasteiger charge is -2.13. The van der Waals surface area contributed by atoms with Gasteiger partial charge in [0.2, 0.25) is 0 Å². The van der Waals surface area contributed by atoms with Crippen LogP contribution in [0.25, 0.3) is 21.9 Å². The first-order chi connectivity index (χ1) is 11.5. The second-order valence-corrected chi connectivity index (χ2v) is 5.51. The normalized spacial score (nSPS) is 10.6. The third kappa shape index (κ3) is 2.86. The highest BCUT2D eigenvalue weighted by Gasteiger charge is 2.14. The number of nitrogens with zero attached hydrogens (tertiary/aromatic N) is 1. The molecule has 0 radical (unpaired) electrons. The Kier molecular flexibility index (Phi) is 4.27. The maximum Gasteiger partial charge on any atom is 0.335 e. The molecule has 0 aliphatic carbocycles. The highest BCUT2D eigenvalue weighted by molar-refractivity contribution is 6.29. The van der Waals surface area contributed by atoms with Crippen molar-refractivity contribution in [2.45, 2.75) is 0 Å². The zero-order valence-electron chi connectivity index (χ0n) is 13.0. The maximum atomic E-state index is 11.5. The van der Waals surface area contributed by atoms with Gasteiger partial charge in [-0.2, -0.15) is 0 Å². The summed E-state index contributed by atoms with van der Waals surface area (Å²) < 4.78 is 10.7. The van der Waals surface area contributed by atoms with Gasteiger partial charge >= 0.3 is 5.97 Å². The van der Waals surface area contributed by atoms with Crippen LogP contribution in [0.3, 0.4) is 0 Å². The fourth-order valence-corrected chi connectivity index (χ4v) is 2.80. The van der Waals surface area contributed by atoms with Gasteiger partial charge in [0.25, 0.3) is 0 Å². The van der Waals surface area contributed by atoms with E-state index in [1.54, 1.807) is 43.6 Å². The van der Waals surface area contributed by atoms with Gasteiger partial charge < -0.3 is 14.6 Å². The lowest BCUT2D eigenvalue weighted by molar-refractivity contribution is 0.0697. The summed E-state index contributed by atoms with van der Waals surface area (Å²) in [5.74, 6) is 0.0915. The summed E-state index contributed by atoms with van der Waals surface area (Å²) in [6.07, 6.45) is 1.58. The number of benzene rings is 2. The van der Waals surface area contributed by atoms with E-state index in [9.17, 15) is 9.90 Å². The van der Waals surface area contributed by atoms with Gasteiger partial charge in [0.15, 0.2) is 11.5 Å². The first-order valence-electron chi connectivity index (χ1n) is 7.08. The van der Waals surface area contributed by atoms with Gasteiger partial charge in [0.05, 0.1) is 19.8 Å². The smallest absolute Gasteiger partial charge is 0.335 e. The Balaban J connectivity index is 2.38. The number of ether oxygens (including phenoxy) is 2. The summed E-state index contributed by atoms with van der Waals surface area (Å²) in [7, 11) is 3.09. The van der Waals surface area contributed by atoms with Gasteiger partial charge in [-0.3, -0.25) is 0 Å². The van der Waals surface area contributed by atoms with Crippen LogP contribution in [-0.4, -0.2) is 30.3 Å². The van der Waals surface area contributed by atoms with Crippen molar-refractivity contribution >= 4 is 28.3 Å². The molecule has 0 amide bonds. The minimum Gasteiger partial charge on any atom is -0.493 e. The number of pyridine rings is 1. The van der Waals surface area contributed by atoms with E-state index in [1.807, 2.05) is 6.07 Å². The number of carboxylic acid groups (broad SMARTS) is 1. The Morgan fingerprint density at radius 1 is 1.08 bits per heavy atom. The van der Waals surface area contributed by atoms with Crippen molar-refractivity contribution in [3.8, 4) is 22.6 Å². The molecule has 0 unspecified atom stereocenters. The molecule has 2 aromatic carbocycles. The van der Waals surface area contributed by atoms with Gasteiger partial charge in [-0.05, 0) is 58.3 Å².